The first-order chi connectivity index (χ1) is 12.6. The molecule has 26 heavy (non-hydrogen) atoms. The Morgan fingerprint density at radius 2 is 2.00 bits per heavy atom. The minimum Gasteiger partial charge on any atom is -0.351 e. The van der Waals surface area contributed by atoms with Crippen LogP contribution >= 0.6 is 23.4 Å². The van der Waals surface area contributed by atoms with Gasteiger partial charge in [-0.1, -0.05) is 29.8 Å². The third-order valence-electron chi connectivity index (χ3n) is 4.67. The van der Waals surface area contributed by atoms with Crippen LogP contribution in [0.15, 0.2) is 41.3 Å². The summed E-state index contributed by atoms with van der Waals surface area (Å²) >= 11 is 8.26. The van der Waals surface area contributed by atoms with Crippen LogP contribution in [0.4, 0.5) is 5.95 Å². The first-order valence-corrected chi connectivity index (χ1v) is 10.1. The molecule has 0 unspecified atom stereocenters. The van der Waals surface area contributed by atoms with E-state index in [1.807, 2.05) is 36.0 Å². The highest BCUT2D eigenvalue weighted by Gasteiger charge is 2.16. The van der Waals surface area contributed by atoms with Crippen LogP contribution in [0.5, 0.6) is 0 Å². The first kappa shape index (κ1) is 17.4. The van der Waals surface area contributed by atoms with E-state index in [-0.39, 0.29) is 5.56 Å². The molecule has 3 heterocycles. The fraction of sp³-hybridized carbons (Fsp3) is 0.316. The summed E-state index contributed by atoms with van der Waals surface area (Å²) < 4.78 is 1.57. The second-order valence-corrected chi connectivity index (χ2v) is 8.04. The van der Waals surface area contributed by atoms with Crippen LogP contribution in [-0.4, -0.2) is 32.1 Å². The van der Waals surface area contributed by atoms with Gasteiger partial charge in [0.2, 0.25) is 5.95 Å². The number of nitrogens with zero attached hydrogens (tertiary/aromatic N) is 3. The molecular weight excluding hydrogens is 368 g/mol. The van der Waals surface area contributed by atoms with Gasteiger partial charge in [-0.25, -0.2) is 4.98 Å². The molecule has 5 nitrogen and oxygen atoms in total. The van der Waals surface area contributed by atoms with E-state index in [0.717, 1.165) is 35.3 Å². The van der Waals surface area contributed by atoms with Crippen molar-refractivity contribution < 1.29 is 0 Å². The number of anilines is 1. The molecule has 134 valence electrons. The van der Waals surface area contributed by atoms with Gasteiger partial charge in [-0.3, -0.25) is 9.36 Å². The molecule has 1 fully saturated rings. The number of rotatable bonds is 3. The van der Waals surface area contributed by atoms with Crippen molar-refractivity contribution in [2.45, 2.75) is 18.9 Å². The molecule has 0 radical (unpaired) electrons. The summed E-state index contributed by atoms with van der Waals surface area (Å²) in [4.78, 5) is 21.9. The van der Waals surface area contributed by atoms with Crippen molar-refractivity contribution in [3.8, 4) is 11.1 Å². The van der Waals surface area contributed by atoms with Gasteiger partial charge in [-0.2, -0.15) is 16.7 Å². The molecule has 1 N–H and O–H groups in total. The average Bonchev–Trinajstić information content (AvgIpc) is 2.66. The number of hydrogen-bond donors (Lipinski definition) is 1. The van der Waals surface area contributed by atoms with E-state index >= 15 is 0 Å². The summed E-state index contributed by atoms with van der Waals surface area (Å²) in [5.41, 5.74) is 1.77. The third-order valence-corrected chi connectivity index (χ3v) is 6.05. The van der Waals surface area contributed by atoms with Crippen LogP contribution in [0.3, 0.4) is 0 Å². The Hall–Kier alpha value is -2.05. The summed E-state index contributed by atoms with van der Waals surface area (Å²) in [5.74, 6) is 2.89. The van der Waals surface area contributed by atoms with Crippen molar-refractivity contribution in [2.75, 3.05) is 16.8 Å². The lowest BCUT2D eigenvalue weighted by Crippen LogP contribution is -2.26. The summed E-state index contributed by atoms with van der Waals surface area (Å²) in [7, 11) is 1.74. The van der Waals surface area contributed by atoms with Gasteiger partial charge in [0.1, 0.15) is 5.65 Å². The smallest absolute Gasteiger partial charge is 0.259 e. The van der Waals surface area contributed by atoms with Crippen molar-refractivity contribution in [2.24, 2.45) is 7.05 Å². The highest BCUT2D eigenvalue weighted by molar-refractivity contribution is 7.99. The van der Waals surface area contributed by atoms with E-state index in [2.05, 4.69) is 15.3 Å². The molecule has 0 aliphatic carbocycles. The van der Waals surface area contributed by atoms with E-state index in [4.69, 9.17) is 11.6 Å². The van der Waals surface area contributed by atoms with Gasteiger partial charge in [0, 0.05) is 40.8 Å². The normalized spacial score (nSPS) is 15.3. The predicted molar refractivity (Wildman–Crippen MR) is 109 cm³/mol. The van der Waals surface area contributed by atoms with Gasteiger partial charge < -0.3 is 5.32 Å². The molecule has 7 heteroatoms. The molecule has 1 saturated heterocycles. The Kier molecular flexibility index (Phi) is 4.87. The molecule has 1 aliphatic rings. The van der Waals surface area contributed by atoms with Crippen LogP contribution < -0.4 is 10.9 Å². The van der Waals surface area contributed by atoms with Gasteiger partial charge >= 0.3 is 0 Å². The van der Waals surface area contributed by atoms with Crippen LogP contribution in [0.25, 0.3) is 22.2 Å². The summed E-state index contributed by atoms with van der Waals surface area (Å²) in [6.45, 7) is 0. The van der Waals surface area contributed by atoms with Crippen LogP contribution in [-0.2, 0) is 7.05 Å². The number of thioether (sulfide) groups is 1. The molecule has 0 bridgehead atoms. The number of hydrogen-bond acceptors (Lipinski definition) is 5. The number of benzene rings is 1. The van der Waals surface area contributed by atoms with Crippen LogP contribution in [0, 0.1) is 0 Å². The number of fused-ring (bicyclic) bond motifs is 1. The largest absolute Gasteiger partial charge is 0.351 e. The number of aryl methyl sites for hydroxylation is 1. The Labute approximate surface area is 160 Å². The van der Waals surface area contributed by atoms with E-state index in [1.165, 1.54) is 0 Å². The quantitative estimate of drug-likeness (QED) is 0.738. The Morgan fingerprint density at radius 3 is 2.77 bits per heavy atom. The van der Waals surface area contributed by atoms with Crippen LogP contribution in [0.2, 0.25) is 5.02 Å². The topological polar surface area (TPSA) is 59.8 Å². The lowest BCUT2D eigenvalue weighted by molar-refractivity contribution is 0.660. The summed E-state index contributed by atoms with van der Waals surface area (Å²) in [6.07, 6.45) is 3.98. The Balaban J connectivity index is 1.76. The monoisotopic (exact) mass is 386 g/mol. The number of halogens is 1. The van der Waals surface area contributed by atoms with Crippen molar-refractivity contribution in [1.82, 2.24) is 14.5 Å². The van der Waals surface area contributed by atoms with Gasteiger partial charge in [-0.05, 0) is 36.5 Å². The molecular formula is C19H19ClN4OS. The lowest BCUT2D eigenvalue weighted by atomic mass is 10.1. The molecule has 0 amide bonds. The second-order valence-electron chi connectivity index (χ2n) is 6.41. The second kappa shape index (κ2) is 7.29. The number of nitrogens with one attached hydrogen (secondary N) is 1. The minimum absolute atomic E-state index is 0.121. The Morgan fingerprint density at radius 1 is 1.23 bits per heavy atom. The Bertz CT molecular complexity index is 1010. The number of aromatic nitrogens is 3. The SMILES string of the molecule is Cn1c(=O)c(-c2ccccc2Cl)cc2cnc(NC3CCSCC3)nc21. The standard InChI is InChI=1S/C19H19ClN4OS/c1-24-17-12(10-15(18(24)25)14-4-2-3-5-16(14)20)11-21-19(23-17)22-13-6-8-26-9-7-13/h2-5,10-11,13H,6-9H2,1H3,(H,21,22,23). The lowest BCUT2D eigenvalue weighted by Gasteiger charge is -2.22. The first-order valence-electron chi connectivity index (χ1n) is 8.59. The van der Waals surface area contributed by atoms with E-state index in [9.17, 15) is 4.79 Å². The molecule has 1 aromatic carbocycles. The minimum atomic E-state index is -0.121. The summed E-state index contributed by atoms with van der Waals surface area (Å²) in [6, 6.07) is 9.57. The van der Waals surface area contributed by atoms with Crippen LogP contribution in [0.1, 0.15) is 12.8 Å². The third kappa shape index (κ3) is 3.31. The molecule has 0 saturated carbocycles. The highest BCUT2D eigenvalue weighted by atomic mass is 35.5. The predicted octanol–water partition coefficient (Wildman–Crippen LogP) is 3.96. The number of pyridine rings is 1. The van der Waals surface area contributed by atoms with Gasteiger partial charge in [-0.15, -0.1) is 0 Å². The van der Waals surface area contributed by atoms with Crippen molar-refractivity contribution in [1.29, 1.82) is 0 Å². The molecule has 0 atom stereocenters. The van der Waals surface area contributed by atoms with Gasteiger partial charge in [0.15, 0.2) is 0 Å². The van der Waals surface area contributed by atoms with Gasteiger partial charge in [0.05, 0.1) is 0 Å². The van der Waals surface area contributed by atoms with E-state index in [1.54, 1.807) is 23.9 Å². The van der Waals surface area contributed by atoms with Gasteiger partial charge in [0.25, 0.3) is 5.56 Å². The zero-order chi connectivity index (χ0) is 18.1. The van der Waals surface area contributed by atoms with E-state index < -0.39 is 0 Å². The zero-order valence-electron chi connectivity index (χ0n) is 14.4. The molecule has 4 rings (SSSR count). The van der Waals surface area contributed by atoms with Crippen molar-refractivity contribution in [3.05, 3.63) is 51.9 Å². The molecule has 1 aliphatic heterocycles. The fourth-order valence-electron chi connectivity index (χ4n) is 3.21. The maximum Gasteiger partial charge on any atom is 0.259 e. The highest BCUT2D eigenvalue weighted by Crippen LogP contribution is 2.27. The fourth-order valence-corrected chi connectivity index (χ4v) is 4.56. The zero-order valence-corrected chi connectivity index (χ0v) is 16.0. The maximum absolute atomic E-state index is 12.9. The van der Waals surface area contributed by atoms with E-state index in [0.29, 0.717) is 28.2 Å². The average molecular weight is 387 g/mol. The summed E-state index contributed by atoms with van der Waals surface area (Å²) in [5, 5.41) is 4.77. The van der Waals surface area contributed by atoms with Crippen molar-refractivity contribution >= 4 is 40.3 Å². The molecule has 0 spiro atoms. The molecule has 2 aromatic heterocycles. The maximum atomic E-state index is 12.9. The van der Waals surface area contributed by atoms with Crippen molar-refractivity contribution in [3.63, 3.8) is 0 Å². The molecule has 3 aromatic rings.